The molecular weight excluding hydrogens is 192 g/mol. The molecule has 0 bridgehead atoms. The van der Waals surface area contributed by atoms with Gasteiger partial charge < -0.3 is 16.2 Å². The summed E-state index contributed by atoms with van der Waals surface area (Å²) in [5.74, 6) is -0.994. The highest BCUT2D eigenvalue weighted by atomic mass is 16.4. The number of rotatable bonds is 4. The van der Waals surface area contributed by atoms with E-state index in [1.807, 2.05) is 32.0 Å². The molecule has 0 aliphatic heterocycles. The number of hydrogen-bond acceptors (Lipinski definition) is 3. The summed E-state index contributed by atoms with van der Waals surface area (Å²) in [5.41, 5.74) is 8.65. The number of nitrogens with one attached hydrogen (secondary N) is 1. The number of aliphatic carboxylic acids is 1. The minimum absolute atomic E-state index is 0.234. The zero-order chi connectivity index (χ0) is 11.4. The average molecular weight is 208 g/mol. The van der Waals surface area contributed by atoms with Gasteiger partial charge in [0.2, 0.25) is 0 Å². The van der Waals surface area contributed by atoms with Crippen LogP contribution < -0.4 is 11.1 Å². The molecule has 0 spiro atoms. The van der Waals surface area contributed by atoms with Crippen LogP contribution in [0.2, 0.25) is 0 Å². The Labute approximate surface area is 89.1 Å². The Balaban J connectivity index is 2.58. The molecule has 4 heteroatoms. The van der Waals surface area contributed by atoms with Crippen molar-refractivity contribution >= 4 is 11.7 Å². The van der Waals surface area contributed by atoms with E-state index in [-0.39, 0.29) is 6.54 Å². The van der Waals surface area contributed by atoms with Crippen LogP contribution in [0.4, 0.5) is 5.69 Å². The van der Waals surface area contributed by atoms with E-state index in [2.05, 4.69) is 5.32 Å². The number of hydrogen-bond donors (Lipinski definition) is 3. The number of aryl methyl sites for hydroxylation is 2. The van der Waals surface area contributed by atoms with Crippen molar-refractivity contribution in [3.05, 3.63) is 29.3 Å². The summed E-state index contributed by atoms with van der Waals surface area (Å²) in [7, 11) is 0. The highest BCUT2D eigenvalue weighted by Crippen LogP contribution is 2.13. The molecule has 4 N–H and O–H groups in total. The number of benzene rings is 1. The highest BCUT2D eigenvalue weighted by Gasteiger charge is 2.10. The molecule has 0 saturated heterocycles. The first-order valence-corrected chi connectivity index (χ1v) is 4.80. The molecule has 1 unspecified atom stereocenters. The summed E-state index contributed by atoms with van der Waals surface area (Å²) in [4.78, 5) is 10.5. The second-order valence-electron chi connectivity index (χ2n) is 3.62. The van der Waals surface area contributed by atoms with E-state index in [1.165, 1.54) is 11.1 Å². The third-order valence-electron chi connectivity index (χ3n) is 2.35. The molecule has 82 valence electrons. The summed E-state index contributed by atoms with van der Waals surface area (Å²) >= 11 is 0. The van der Waals surface area contributed by atoms with Gasteiger partial charge in [0.15, 0.2) is 0 Å². The lowest BCUT2D eigenvalue weighted by Gasteiger charge is -2.11. The van der Waals surface area contributed by atoms with Crippen LogP contribution in [0.15, 0.2) is 18.2 Å². The lowest BCUT2D eigenvalue weighted by molar-refractivity contribution is -0.138. The molecule has 1 atom stereocenters. The molecule has 0 aliphatic rings. The maximum atomic E-state index is 10.5. The number of anilines is 1. The zero-order valence-electron chi connectivity index (χ0n) is 8.95. The van der Waals surface area contributed by atoms with Crippen molar-refractivity contribution in [3.63, 3.8) is 0 Å². The molecule has 0 fully saturated rings. The van der Waals surface area contributed by atoms with E-state index in [0.717, 1.165) is 5.69 Å². The first-order valence-electron chi connectivity index (χ1n) is 4.80. The summed E-state index contributed by atoms with van der Waals surface area (Å²) in [6, 6.07) is 5.01. The minimum atomic E-state index is -0.994. The third kappa shape index (κ3) is 3.25. The summed E-state index contributed by atoms with van der Waals surface area (Å²) in [6.45, 7) is 4.28. The molecule has 0 heterocycles. The summed E-state index contributed by atoms with van der Waals surface area (Å²) in [5, 5.41) is 11.6. The molecule has 0 amide bonds. The topological polar surface area (TPSA) is 75.3 Å². The van der Waals surface area contributed by atoms with Crippen molar-refractivity contribution < 1.29 is 9.90 Å². The predicted molar refractivity (Wildman–Crippen MR) is 60.0 cm³/mol. The van der Waals surface area contributed by atoms with Gasteiger partial charge in [-0.2, -0.15) is 0 Å². The number of carbonyl (C=O) groups is 1. The van der Waals surface area contributed by atoms with Gasteiger partial charge in [-0.15, -0.1) is 0 Å². The second-order valence-corrected chi connectivity index (χ2v) is 3.62. The Hall–Kier alpha value is -1.55. The average Bonchev–Trinajstić information content (AvgIpc) is 2.19. The monoisotopic (exact) mass is 208 g/mol. The normalized spacial score (nSPS) is 12.2. The van der Waals surface area contributed by atoms with Crippen molar-refractivity contribution in [1.29, 1.82) is 0 Å². The maximum absolute atomic E-state index is 10.5. The van der Waals surface area contributed by atoms with E-state index in [9.17, 15) is 4.79 Å². The van der Waals surface area contributed by atoms with Gasteiger partial charge in [-0.25, -0.2) is 0 Å². The van der Waals surface area contributed by atoms with E-state index in [1.54, 1.807) is 0 Å². The Morgan fingerprint density at radius 1 is 1.47 bits per heavy atom. The smallest absolute Gasteiger partial charge is 0.322 e. The first-order chi connectivity index (χ1) is 7.00. The Morgan fingerprint density at radius 3 is 2.67 bits per heavy atom. The molecule has 1 rings (SSSR count). The van der Waals surface area contributed by atoms with Crippen LogP contribution in [-0.4, -0.2) is 23.7 Å². The van der Waals surface area contributed by atoms with E-state index in [0.29, 0.717) is 0 Å². The van der Waals surface area contributed by atoms with E-state index < -0.39 is 12.0 Å². The summed E-state index contributed by atoms with van der Waals surface area (Å²) < 4.78 is 0. The molecule has 4 nitrogen and oxygen atoms in total. The van der Waals surface area contributed by atoms with Crippen molar-refractivity contribution in [2.45, 2.75) is 19.9 Å². The van der Waals surface area contributed by atoms with Crippen LogP contribution >= 0.6 is 0 Å². The molecule has 0 radical (unpaired) electrons. The van der Waals surface area contributed by atoms with E-state index >= 15 is 0 Å². The van der Waals surface area contributed by atoms with Gasteiger partial charge in [0.25, 0.3) is 0 Å². The van der Waals surface area contributed by atoms with Crippen molar-refractivity contribution in [1.82, 2.24) is 0 Å². The minimum Gasteiger partial charge on any atom is -0.480 e. The lowest BCUT2D eigenvalue weighted by atomic mass is 10.1. The van der Waals surface area contributed by atoms with Crippen LogP contribution in [0, 0.1) is 13.8 Å². The molecular formula is C11H16N2O2. The van der Waals surface area contributed by atoms with E-state index in [4.69, 9.17) is 10.8 Å². The highest BCUT2D eigenvalue weighted by molar-refractivity contribution is 5.74. The second kappa shape index (κ2) is 4.79. The largest absolute Gasteiger partial charge is 0.480 e. The first kappa shape index (κ1) is 11.5. The number of carboxylic acid groups (broad SMARTS) is 1. The lowest BCUT2D eigenvalue weighted by Crippen LogP contribution is -2.36. The molecule has 0 saturated carbocycles. The van der Waals surface area contributed by atoms with Crippen molar-refractivity contribution in [2.24, 2.45) is 5.73 Å². The standard InChI is InChI=1S/C11H16N2O2/c1-7-3-4-9(5-8(7)2)13-6-10(12)11(14)15/h3-5,10,13H,6,12H2,1-2H3,(H,14,15). The van der Waals surface area contributed by atoms with Gasteiger partial charge in [-0.3, -0.25) is 4.79 Å². The number of nitrogens with two attached hydrogens (primary N) is 1. The van der Waals surface area contributed by atoms with Gasteiger partial charge in [0.05, 0.1) is 0 Å². The fourth-order valence-electron chi connectivity index (χ4n) is 1.17. The summed E-state index contributed by atoms with van der Waals surface area (Å²) in [6.07, 6.45) is 0. The fraction of sp³-hybridized carbons (Fsp3) is 0.364. The SMILES string of the molecule is Cc1ccc(NCC(N)C(=O)O)cc1C. The Morgan fingerprint density at radius 2 is 2.13 bits per heavy atom. The van der Waals surface area contributed by atoms with Crippen LogP contribution in [0.5, 0.6) is 0 Å². The van der Waals surface area contributed by atoms with Crippen LogP contribution in [0.25, 0.3) is 0 Å². The van der Waals surface area contributed by atoms with Crippen LogP contribution in [0.3, 0.4) is 0 Å². The zero-order valence-corrected chi connectivity index (χ0v) is 8.95. The molecule has 1 aromatic rings. The van der Waals surface area contributed by atoms with Gasteiger partial charge in [-0.05, 0) is 37.1 Å². The number of carboxylic acids is 1. The maximum Gasteiger partial charge on any atom is 0.322 e. The fourth-order valence-corrected chi connectivity index (χ4v) is 1.17. The third-order valence-corrected chi connectivity index (χ3v) is 2.35. The molecule has 0 aliphatic carbocycles. The predicted octanol–water partition coefficient (Wildman–Crippen LogP) is 1.13. The van der Waals surface area contributed by atoms with Crippen LogP contribution in [0.1, 0.15) is 11.1 Å². The quantitative estimate of drug-likeness (QED) is 0.693. The molecule has 0 aromatic heterocycles. The molecule has 15 heavy (non-hydrogen) atoms. The van der Waals surface area contributed by atoms with Gasteiger partial charge in [0, 0.05) is 12.2 Å². The Bertz CT molecular complexity index is 364. The van der Waals surface area contributed by atoms with Gasteiger partial charge in [-0.1, -0.05) is 6.07 Å². The van der Waals surface area contributed by atoms with Gasteiger partial charge >= 0.3 is 5.97 Å². The van der Waals surface area contributed by atoms with Crippen molar-refractivity contribution in [3.8, 4) is 0 Å². The van der Waals surface area contributed by atoms with Crippen LogP contribution in [-0.2, 0) is 4.79 Å². The Kier molecular flexibility index (Phi) is 3.68. The van der Waals surface area contributed by atoms with Crippen molar-refractivity contribution in [2.75, 3.05) is 11.9 Å². The molecule has 1 aromatic carbocycles. The van der Waals surface area contributed by atoms with Gasteiger partial charge in [0.1, 0.15) is 6.04 Å².